The number of aryl methyl sites for hydroxylation is 1. The van der Waals surface area contributed by atoms with E-state index in [9.17, 15) is 4.79 Å². The Morgan fingerprint density at radius 2 is 1.75 bits per heavy atom. The first-order valence-corrected chi connectivity index (χ1v) is 11.7. The molecule has 0 saturated carbocycles. The summed E-state index contributed by atoms with van der Waals surface area (Å²) in [4.78, 5) is 12.7. The van der Waals surface area contributed by atoms with E-state index in [-0.39, 0.29) is 12.0 Å². The minimum Gasteiger partial charge on any atom is -0.465 e. The lowest BCUT2D eigenvalue weighted by Crippen LogP contribution is -2.50. The van der Waals surface area contributed by atoms with Gasteiger partial charge in [0, 0.05) is 11.6 Å². The maximum Gasteiger partial charge on any atom is 0.313 e. The molecular weight excluding hydrogens is 396 g/mol. The summed E-state index contributed by atoms with van der Waals surface area (Å²) in [6.45, 7) is 7.93. The highest BCUT2D eigenvalue weighted by Crippen LogP contribution is 2.32. The smallest absolute Gasteiger partial charge is 0.313 e. The van der Waals surface area contributed by atoms with E-state index in [2.05, 4.69) is 54.6 Å². The Balaban J connectivity index is 1.57. The molecule has 1 aliphatic carbocycles. The molecule has 0 aliphatic heterocycles. The summed E-state index contributed by atoms with van der Waals surface area (Å²) < 4.78 is 5.61. The van der Waals surface area contributed by atoms with E-state index in [1.54, 1.807) is 0 Å². The van der Waals surface area contributed by atoms with Gasteiger partial charge in [0.15, 0.2) is 0 Å². The highest BCUT2D eigenvalue weighted by Gasteiger charge is 2.38. The summed E-state index contributed by atoms with van der Waals surface area (Å²) in [5, 5.41) is 0. The number of allylic oxidation sites excluding steroid dienone is 1. The van der Waals surface area contributed by atoms with E-state index >= 15 is 0 Å². The molecular formula is C28H38N2O2. The van der Waals surface area contributed by atoms with Crippen LogP contribution in [0, 0.1) is 5.41 Å². The van der Waals surface area contributed by atoms with Gasteiger partial charge in [0.25, 0.3) is 0 Å². The number of ether oxygens (including phenoxy) is 1. The fourth-order valence-corrected chi connectivity index (χ4v) is 4.32. The number of carbonyl (C=O) groups excluding carboxylic acids is 1. The Hall–Kier alpha value is -2.43. The molecule has 0 amide bonds. The molecule has 4 heteroatoms. The number of hydrogen-bond donors (Lipinski definition) is 2. The second-order valence-electron chi connectivity index (χ2n) is 10.3. The first-order valence-electron chi connectivity index (χ1n) is 11.7. The van der Waals surface area contributed by atoms with Gasteiger partial charge in [-0.2, -0.15) is 0 Å². The molecule has 0 saturated heterocycles. The van der Waals surface area contributed by atoms with E-state index in [0.717, 1.165) is 25.7 Å². The first kappa shape index (κ1) is 24.2. The molecule has 4 nitrogen and oxygen atoms in total. The molecule has 0 radical (unpaired) electrons. The van der Waals surface area contributed by atoms with Crippen molar-refractivity contribution in [3.8, 4) is 0 Å². The number of carbonyl (C=O) groups is 1. The van der Waals surface area contributed by atoms with Gasteiger partial charge >= 0.3 is 5.97 Å². The summed E-state index contributed by atoms with van der Waals surface area (Å²) in [7, 11) is 0. The van der Waals surface area contributed by atoms with Gasteiger partial charge in [0.2, 0.25) is 0 Å². The lowest BCUT2D eigenvalue weighted by Gasteiger charge is -2.33. The minimum atomic E-state index is -0.763. The lowest BCUT2D eigenvalue weighted by molar-refractivity contribution is -0.155. The Labute approximate surface area is 193 Å². The van der Waals surface area contributed by atoms with Crippen LogP contribution in [0.15, 0.2) is 48.5 Å². The quantitative estimate of drug-likeness (QED) is 0.424. The number of esters is 1. The van der Waals surface area contributed by atoms with E-state index in [4.69, 9.17) is 16.2 Å². The largest absolute Gasteiger partial charge is 0.465 e. The van der Waals surface area contributed by atoms with Gasteiger partial charge in [-0.25, -0.2) is 0 Å². The van der Waals surface area contributed by atoms with Crippen molar-refractivity contribution >= 4 is 17.6 Å². The van der Waals surface area contributed by atoms with Gasteiger partial charge < -0.3 is 16.2 Å². The van der Waals surface area contributed by atoms with E-state index < -0.39 is 11.0 Å². The van der Waals surface area contributed by atoms with E-state index in [0.29, 0.717) is 13.0 Å². The fraction of sp³-hybridized carbons (Fsp3) is 0.464. The van der Waals surface area contributed by atoms with Crippen LogP contribution in [0.2, 0.25) is 0 Å². The molecule has 0 fully saturated rings. The van der Waals surface area contributed by atoms with Gasteiger partial charge in [-0.15, -0.1) is 0 Å². The highest BCUT2D eigenvalue weighted by atomic mass is 16.5. The summed E-state index contributed by atoms with van der Waals surface area (Å²) >= 11 is 0. The Bertz CT molecular complexity index is 955. The van der Waals surface area contributed by atoms with Crippen molar-refractivity contribution < 1.29 is 9.53 Å². The van der Waals surface area contributed by atoms with Gasteiger partial charge in [0.05, 0.1) is 12.0 Å². The molecule has 1 unspecified atom stereocenters. The van der Waals surface area contributed by atoms with Crippen molar-refractivity contribution in [2.24, 2.45) is 16.9 Å². The van der Waals surface area contributed by atoms with E-state index in [1.165, 1.54) is 27.8 Å². The molecule has 2 aromatic rings. The lowest BCUT2D eigenvalue weighted by atomic mass is 9.79. The zero-order valence-electron chi connectivity index (χ0n) is 20.0. The average Bonchev–Trinajstić information content (AvgIpc) is 2.75. The number of hydrogen-bond acceptors (Lipinski definition) is 4. The Morgan fingerprint density at radius 3 is 2.44 bits per heavy atom. The van der Waals surface area contributed by atoms with Crippen molar-refractivity contribution in [1.29, 1.82) is 0 Å². The van der Waals surface area contributed by atoms with Crippen LogP contribution in [-0.2, 0) is 22.4 Å². The summed E-state index contributed by atoms with van der Waals surface area (Å²) in [5.74, 6) is -0.250. The number of benzene rings is 2. The fourth-order valence-electron chi connectivity index (χ4n) is 4.32. The maximum absolute atomic E-state index is 12.7. The van der Waals surface area contributed by atoms with Crippen molar-refractivity contribution in [1.82, 2.24) is 0 Å². The molecule has 1 atom stereocenters. The molecule has 172 valence electrons. The van der Waals surface area contributed by atoms with Crippen LogP contribution < -0.4 is 11.5 Å². The minimum absolute atomic E-state index is 0.250. The SMILES string of the molecule is CC(C)(N)CC(N)C(C)(C)C(=O)OCCCc1cccc2c1CCC(c1ccccc1)=C2. The van der Waals surface area contributed by atoms with Crippen LogP contribution in [0.3, 0.4) is 0 Å². The molecule has 2 aromatic carbocycles. The molecule has 3 rings (SSSR count). The molecule has 1 aliphatic rings. The third-order valence-corrected chi connectivity index (χ3v) is 6.45. The second kappa shape index (κ2) is 10.0. The van der Waals surface area contributed by atoms with Gasteiger partial charge in [-0.3, -0.25) is 4.79 Å². The van der Waals surface area contributed by atoms with Crippen LogP contribution in [0.25, 0.3) is 11.6 Å². The molecule has 0 aromatic heterocycles. The predicted octanol–water partition coefficient (Wildman–Crippen LogP) is 5.13. The van der Waals surface area contributed by atoms with Crippen LogP contribution in [0.4, 0.5) is 0 Å². The summed E-state index contributed by atoms with van der Waals surface area (Å²) in [6, 6.07) is 16.8. The molecule has 0 heterocycles. The monoisotopic (exact) mass is 434 g/mol. The van der Waals surface area contributed by atoms with Gasteiger partial charge in [0.1, 0.15) is 0 Å². The molecule has 4 N–H and O–H groups in total. The first-order chi connectivity index (χ1) is 15.1. The molecule has 0 spiro atoms. The highest BCUT2D eigenvalue weighted by molar-refractivity contribution is 5.84. The van der Waals surface area contributed by atoms with Crippen LogP contribution in [-0.4, -0.2) is 24.2 Å². The second-order valence-corrected chi connectivity index (χ2v) is 10.3. The third kappa shape index (κ3) is 6.08. The summed E-state index contributed by atoms with van der Waals surface area (Å²) in [5.41, 5.74) is 17.9. The average molecular weight is 435 g/mol. The maximum atomic E-state index is 12.7. The third-order valence-electron chi connectivity index (χ3n) is 6.45. The van der Waals surface area contributed by atoms with Crippen molar-refractivity contribution in [2.75, 3.05) is 6.61 Å². The standard InChI is InChI=1S/C28H38N2O2/c1-27(2,30)19-25(29)28(3,4)26(31)32-17-9-14-21-12-8-13-23-18-22(15-16-24(21)23)20-10-6-5-7-11-20/h5-8,10-13,18,25H,9,14-17,19,29-30H2,1-4H3. The van der Waals surface area contributed by atoms with Gasteiger partial charge in [-0.1, -0.05) is 54.6 Å². The predicted molar refractivity (Wildman–Crippen MR) is 133 cm³/mol. The van der Waals surface area contributed by atoms with Crippen molar-refractivity contribution in [3.63, 3.8) is 0 Å². The number of nitrogens with two attached hydrogens (primary N) is 2. The van der Waals surface area contributed by atoms with Crippen LogP contribution >= 0.6 is 0 Å². The molecule has 0 bridgehead atoms. The zero-order chi connectivity index (χ0) is 23.4. The Kier molecular flexibility index (Phi) is 7.58. The zero-order valence-corrected chi connectivity index (χ0v) is 20.0. The topological polar surface area (TPSA) is 78.3 Å². The van der Waals surface area contributed by atoms with Gasteiger partial charge in [-0.05, 0) is 87.6 Å². The van der Waals surface area contributed by atoms with Crippen molar-refractivity contribution in [2.45, 2.75) is 71.4 Å². The van der Waals surface area contributed by atoms with Crippen LogP contribution in [0.5, 0.6) is 0 Å². The summed E-state index contributed by atoms with van der Waals surface area (Å²) in [6.07, 6.45) is 6.66. The normalized spacial score (nSPS) is 15.0. The Morgan fingerprint density at radius 1 is 1.03 bits per heavy atom. The van der Waals surface area contributed by atoms with Crippen molar-refractivity contribution in [3.05, 3.63) is 70.8 Å². The molecule has 32 heavy (non-hydrogen) atoms. The number of fused-ring (bicyclic) bond motifs is 1. The number of rotatable bonds is 9. The van der Waals surface area contributed by atoms with Crippen LogP contribution in [0.1, 0.15) is 69.2 Å². The van der Waals surface area contributed by atoms with E-state index in [1.807, 2.05) is 27.7 Å².